The molecule has 18 heavy (non-hydrogen) atoms. The number of nitrogens with zero attached hydrogens (tertiary/aromatic N) is 2. The summed E-state index contributed by atoms with van der Waals surface area (Å²) in [6.07, 6.45) is -3.45. The highest BCUT2D eigenvalue weighted by Gasteiger charge is 2.31. The fourth-order valence-electron chi connectivity index (χ4n) is 1.53. The minimum Gasteiger partial charge on any atom is -0.359 e. The van der Waals surface area contributed by atoms with Crippen molar-refractivity contribution in [2.75, 3.05) is 18.5 Å². The van der Waals surface area contributed by atoms with E-state index in [9.17, 15) is 13.2 Å². The Balaban J connectivity index is 2.99. The molecular weight excluding hydrogens is 265 g/mol. The second-order valence-corrected chi connectivity index (χ2v) is 4.82. The molecule has 0 spiro atoms. The van der Waals surface area contributed by atoms with Crippen molar-refractivity contribution in [3.63, 3.8) is 0 Å². The van der Waals surface area contributed by atoms with E-state index in [0.717, 1.165) is 18.6 Å². The topological polar surface area (TPSA) is 16.1 Å². The van der Waals surface area contributed by atoms with Crippen LogP contribution < -0.4 is 4.90 Å². The normalized spacial score (nSPS) is 13.5. The van der Waals surface area contributed by atoms with Gasteiger partial charge in [0.05, 0.1) is 5.56 Å². The van der Waals surface area contributed by atoms with Crippen LogP contribution in [0, 0.1) is 5.92 Å². The van der Waals surface area contributed by atoms with E-state index in [1.807, 2.05) is 13.8 Å². The molecule has 0 amide bonds. The number of hydrogen-bond donors (Lipinski definition) is 0. The quantitative estimate of drug-likeness (QED) is 0.767. The van der Waals surface area contributed by atoms with E-state index in [2.05, 4.69) is 4.98 Å². The molecule has 0 bridgehead atoms. The lowest BCUT2D eigenvalue weighted by Crippen LogP contribution is -2.25. The lowest BCUT2D eigenvalue weighted by molar-refractivity contribution is -0.137. The molecular formula is C12H16ClF3N2. The first-order chi connectivity index (χ1) is 8.24. The Morgan fingerprint density at radius 3 is 2.50 bits per heavy atom. The van der Waals surface area contributed by atoms with E-state index >= 15 is 0 Å². The van der Waals surface area contributed by atoms with Crippen LogP contribution in [0.5, 0.6) is 0 Å². The molecule has 1 rings (SSSR count). The average molecular weight is 281 g/mol. The molecule has 1 atom stereocenters. The van der Waals surface area contributed by atoms with Crippen LogP contribution in [-0.2, 0) is 6.18 Å². The summed E-state index contributed by atoms with van der Waals surface area (Å²) in [4.78, 5) is 5.62. The Labute approximate surface area is 110 Å². The van der Waals surface area contributed by atoms with Gasteiger partial charge in [-0.3, -0.25) is 0 Å². The zero-order valence-corrected chi connectivity index (χ0v) is 11.3. The Morgan fingerprint density at radius 2 is 2.00 bits per heavy atom. The van der Waals surface area contributed by atoms with Crippen molar-refractivity contribution in [1.29, 1.82) is 0 Å². The third-order valence-corrected chi connectivity index (χ3v) is 2.98. The summed E-state index contributed by atoms with van der Waals surface area (Å²) >= 11 is 5.63. The van der Waals surface area contributed by atoms with Gasteiger partial charge in [-0.2, -0.15) is 13.2 Å². The Morgan fingerprint density at radius 1 is 1.39 bits per heavy atom. The second kappa shape index (κ2) is 5.78. The van der Waals surface area contributed by atoms with Crippen molar-refractivity contribution < 1.29 is 13.2 Å². The summed E-state index contributed by atoms with van der Waals surface area (Å²) in [6.45, 7) is 4.71. The fourth-order valence-corrected chi connectivity index (χ4v) is 1.74. The van der Waals surface area contributed by atoms with Gasteiger partial charge < -0.3 is 4.90 Å². The number of hydrogen-bond acceptors (Lipinski definition) is 2. The van der Waals surface area contributed by atoms with E-state index in [1.165, 1.54) is 0 Å². The highest BCUT2D eigenvalue weighted by Crippen LogP contribution is 2.32. The van der Waals surface area contributed by atoms with Crippen molar-refractivity contribution in [2.24, 2.45) is 5.92 Å². The molecule has 0 aliphatic carbocycles. The number of rotatable bonds is 4. The first-order valence-corrected chi connectivity index (χ1v) is 6.07. The predicted octanol–water partition coefficient (Wildman–Crippen LogP) is 4.24. The van der Waals surface area contributed by atoms with Crippen LogP contribution in [0.15, 0.2) is 12.1 Å². The molecule has 0 aliphatic heterocycles. The van der Waals surface area contributed by atoms with Gasteiger partial charge in [0, 0.05) is 13.6 Å². The largest absolute Gasteiger partial charge is 0.416 e. The van der Waals surface area contributed by atoms with Crippen molar-refractivity contribution >= 4 is 17.4 Å². The van der Waals surface area contributed by atoms with Gasteiger partial charge in [-0.25, -0.2) is 4.98 Å². The van der Waals surface area contributed by atoms with Crippen molar-refractivity contribution in [1.82, 2.24) is 4.98 Å². The Hall–Kier alpha value is -0.970. The van der Waals surface area contributed by atoms with E-state index < -0.39 is 11.7 Å². The first kappa shape index (κ1) is 15.1. The highest BCUT2D eigenvalue weighted by atomic mass is 35.5. The minimum absolute atomic E-state index is 0.143. The van der Waals surface area contributed by atoms with Crippen LogP contribution in [0.25, 0.3) is 0 Å². The smallest absolute Gasteiger partial charge is 0.359 e. The third-order valence-electron chi connectivity index (χ3n) is 2.78. The number of anilines is 1. The molecule has 6 heteroatoms. The first-order valence-electron chi connectivity index (χ1n) is 5.70. The zero-order valence-electron chi connectivity index (χ0n) is 10.6. The van der Waals surface area contributed by atoms with Crippen LogP contribution in [0.2, 0.25) is 5.15 Å². The van der Waals surface area contributed by atoms with Crippen molar-refractivity contribution in [3.8, 4) is 0 Å². The molecule has 0 saturated heterocycles. The number of halogens is 4. The summed E-state index contributed by atoms with van der Waals surface area (Å²) in [5, 5.41) is -0.143. The van der Waals surface area contributed by atoms with Crippen LogP contribution in [0.4, 0.5) is 19.0 Å². The highest BCUT2D eigenvalue weighted by molar-refractivity contribution is 6.29. The molecule has 2 nitrogen and oxygen atoms in total. The zero-order chi connectivity index (χ0) is 13.9. The maximum absolute atomic E-state index is 12.6. The monoisotopic (exact) mass is 280 g/mol. The molecule has 102 valence electrons. The fraction of sp³-hybridized carbons (Fsp3) is 0.583. The average Bonchev–Trinajstić information content (AvgIpc) is 2.26. The SMILES string of the molecule is CCC(C)CN(C)c1cc(C(F)(F)F)cc(Cl)n1. The van der Waals surface area contributed by atoms with Gasteiger partial charge in [0.1, 0.15) is 11.0 Å². The summed E-state index contributed by atoms with van der Waals surface area (Å²) in [6, 6.07) is 1.86. The molecule has 0 radical (unpaired) electrons. The van der Waals surface area contributed by atoms with E-state index in [4.69, 9.17) is 11.6 Å². The van der Waals surface area contributed by atoms with Crippen molar-refractivity contribution in [2.45, 2.75) is 26.4 Å². The van der Waals surface area contributed by atoms with Gasteiger partial charge in [-0.15, -0.1) is 0 Å². The van der Waals surface area contributed by atoms with Crippen LogP contribution >= 0.6 is 11.6 Å². The molecule has 1 unspecified atom stereocenters. The number of alkyl halides is 3. The second-order valence-electron chi connectivity index (χ2n) is 4.43. The summed E-state index contributed by atoms with van der Waals surface area (Å²) in [7, 11) is 1.71. The molecule has 1 aromatic rings. The van der Waals surface area contributed by atoms with E-state index in [1.54, 1.807) is 11.9 Å². The molecule has 1 heterocycles. The molecule has 1 aromatic heterocycles. The van der Waals surface area contributed by atoms with Gasteiger partial charge in [0.2, 0.25) is 0 Å². The standard InChI is InChI=1S/C12H16ClF3N2/c1-4-8(2)7-18(3)11-6-9(12(14,15)16)5-10(13)17-11/h5-6,8H,4,7H2,1-3H3. The lowest BCUT2D eigenvalue weighted by Gasteiger charge is -2.22. The van der Waals surface area contributed by atoms with Crippen LogP contribution in [-0.4, -0.2) is 18.6 Å². The number of pyridine rings is 1. The number of aromatic nitrogens is 1. The predicted molar refractivity (Wildman–Crippen MR) is 67.0 cm³/mol. The van der Waals surface area contributed by atoms with Gasteiger partial charge in [-0.05, 0) is 18.1 Å². The van der Waals surface area contributed by atoms with E-state index in [-0.39, 0.29) is 11.0 Å². The molecule has 0 N–H and O–H groups in total. The summed E-state index contributed by atoms with van der Waals surface area (Å²) < 4.78 is 37.9. The Kier molecular flexibility index (Phi) is 4.85. The van der Waals surface area contributed by atoms with E-state index in [0.29, 0.717) is 12.5 Å². The van der Waals surface area contributed by atoms with Gasteiger partial charge in [0.15, 0.2) is 0 Å². The maximum atomic E-state index is 12.6. The van der Waals surface area contributed by atoms with Crippen molar-refractivity contribution in [3.05, 3.63) is 22.8 Å². The van der Waals surface area contributed by atoms with Crippen LogP contribution in [0.3, 0.4) is 0 Å². The minimum atomic E-state index is -4.40. The third kappa shape index (κ3) is 4.05. The van der Waals surface area contributed by atoms with Gasteiger partial charge >= 0.3 is 6.18 Å². The summed E-state index contributed by atoms with van der Waals surface area (Å²) in [5.74, 6) is 0.625. The molecule has 0 fully saturated rings. The maximum Gasteiger partial charge on any atom is 0.416 e. The molecule has 0 saturated carbocycles. The van der Waals surface area contributed by atoms with Gasteiger partial charge in [-0.1, -0.05) is 31.9 Å². The molecule has 0 aliphatic rings. The summed E-state index contributed by atoms with van der Waals surface area (Å²) in [5.41, 5.74) is -0.770. The lowest BCUT2D eigenvalue weighted by atomic mass is 10.1. The van der Waals surface area contributed by atoms with Crippen LogP contribution in [0.1, 0.15) is 25.8 Å². The van der Waals surface area contributed by atoms with Gasteiger partial charge in [0.25, 0.3) is 0 Å². The Bertz CT molecular complexity index is 407. The molecule has 0 aromatic carbocycles.